The molecule has 0 radical (unpaired) electrons. The normalized spacial score (nSPS) is 15.9. The minimum atomic E-state index is -1.01. The first-order chi connectivity index (χ1) is 24.9. The summed E-state index contributed by atoms with van der Waals surface area (Å²) in [6.45, 7) is 9.57. The van der Waals surface area contributed by atoms with Crippen LogP contribution in [0.4, 0.5) is 11.6 Å². The van der Waals surface area contributed by atoms with E-state index in [9.17, 15) is 19.8 Å². The third-order valence-corrected chi connectivity index (χ3v) is 10.7. The molecule has 3 N–H and O–H groups in total. The zero-order chi connectivity index (χ0) is 36.9. The molecule has 268 valence electrons. The van der Waals surface area contributed by atoms with E-state index in [4.69, 9.17) is 4.98 Å². The highest BCUT2D eigenvalue weighted by molar-refractivity contribution is 5.77. The van der Waals surface area contributed by atoms with Crippen molar-refractivity contribution in [3.05, 3.63) is 155 Å². The van der Waals surface area contributed by atoms with Crippen LogP contribution in [0.15, 0.2) is 122 Å². The summed E-state index contributed by atoms with van der Waals surface area (Å²) in [4.78, 5) is 36.2. The molecule has 1 aliphatic rings. The number of anilines is 2. The molecule has 0 spiro atoms. The van der Waals surface area contributed by atoms with E-state index in [-0.39, 0.29) is 11.8 Å². The van der Waals surface area contributed by atoms with E-state index in [0.29, 0.717) is 12.5 Å². The van der Waals surface area contributed by atoms with Gasteiger partial charge in [0.1, 0.15) is 11.6 Å². The molecule has 3 unspecified atom stereocenters. The SMILES string of the molecule is CC(C)(C(=O)O)C(c1ccccc1)c1ccc(NCc2ccc(CC3CCN(c4ccc(C(c5ccccc5)C(C)(C)C(=O)O)cn4)C3)cc2)nc1. The van der Waals surface area contributed by atoms with Gasteiger partial charge < -0.3 is 20.4 Å². The molecule has 0 saturated carbocycles. The smallest absolute Gasteiger partial charge is 0.310 e. The lowest BCUT2D eigenvalue weighted by Crippen LogP contribution is -2.32. The molecule has 3 heterocycles. The van der Waals surface area contributed by atoms with Crippen LogP contribution in [0, 0.1) is 16.7 Å². The Balaban J connectivity index is 1.03. The highest BCUT2D eigenvalue weighted by Gasteiger charge is 2.40. The van der Waals surface area contributed by atoms with Crippen LogP contribution in [0.3, 0.4) is 0 Å². The van der Waals surface area contributed by atoms with Gasteiger partial charge >= 0.3 is 11.9 Å². The van der Waals surface area contributed by atoms with E-state index in [1.165, 1.54) is 5.56 Å². The van der Waals surface area contributed by atoms with Gasteiger partial charge in [0.05, 0.1) is 10.8 Å². The number of aliphatic carboxylic acids is 2. The molecule has 0 aliphatic carbocycles. The van der Waals surface area contributed by atoms with Crippen molar-refractivity contribution in [3.63, 3.8) is 0 Å². The standard InChI is InChI=1S/C44H48N4O4/c1-43(2,41(49)50)39(33-11-7-5-8-12-33)35-19-21-37(46-27-35)45-26-31-17-15-30(16-18-31)25-32-23-24-48(29-32)38-22-20-36(28-47-38)40(44(3,4)42(51)52)34-13-9-6-10-14-34/h5-22,27-28,32,39-40H,23-26,29H2,1-4H3,(H,45,46)(H,49,50)(H,51,52). The van der Waals surface area contributed by atoms with Crippen LogP contribution in [0.2, 0.25) is 0 Å². The third kappa shape index (κ3) is 8.01. The van der Waals surface area contributed by atoms with Crippen LogP contribution in [0.1, 0.15) is 79.3 Å². The number of nitrogens with zero attached hydrogens (tertiary/aromatic N) is 3. The lowest BCUT2D eigenvalue weighted by atomic mass is 9.71. The van der Waals surface area contributed by atoms with E-state index in [2.05, 4.69) is 39.5 Å². The maximum atomic E-state index is 12.2. The fourth-order valence-electron chi connectivity index (χ4n) is 7.55. The predicted molar refractivity (Wildman–Crippen MR) is 206 cm³/mol. The van der Waals surface area contributed by atoms with Crippen LogP contribution in [-0.2, 0) is 22.6 Å². The number of nitrogens with one attached hydrogen (secondary N) is 1. The van der Waals surface area contributed by atoms with Gasteiger partial charge in [0.15, 0.2) is 0 Å². The Labute approximate surface area is 306 Å². The van der Waals surface area contributed by atoms with E-state index >= 15 is 0 Å². The van der Waals surface area contributed by atoms with Gasteiger partial charge in [-0.15, -0.1) is 0 Å². The van der Waals surface area contributed by atoms with Gasteiger partial charge in [-0.3, -0.25) is 9.59 Å². The maximum Gasteiger partial charge on any atom is 0.310 e. The van der Waals surface area contributed by atoms with Crippen LogP contribution in [0.25, 0.3) is 0 Å². The van der Waals surface area contributed by atoms with Gasteiger partial charge in [-0.2, -0.15) is 0 Å². The molecule has 3 atom stereocenters. The summed E-state index contributed by atoms with van der Waals surface area (Å²) in [5.74, 6) is -0.155. The monoisotopic (exact) mass is 696 g/mol. The van der Waals surface area contributed by atoms with Crippen molar-refractivity contribution in [2.45, 2.75) is 58.9 Å². The van der Waals surface area contributed by atoms with Gasteiger partial charge in [-0.25, -0.2) is 9.97 Å². The molecule has 5 aromatic rings. The van der Waals surface area contributed by atoms with Crippen LogP contribution >= 0.6 is 0 Å². The van der Waals surface area contributed by atoms with Crippen LogP contribution in [0.5, 0.6) is 0 Å². The summed E-state index contributed by atoms with van der Waals surface area (Å²) in [6.07, 6.45) is 5.71. The number of benzene rings is 3. The van der Waals surface area contributed by atoms with Gasteiger partial charge in [-0.05, 0) is 92.0 Å². The molecular formula is C44H48N4O4. The Kier molecular flexibility index (Phi) is 10.7. The largest absolute Gasteiger partial charge is 0.481 e. The first-order valence-electron chi connectivity index (χ1n) is 18.0. The number of carboxylic acids is 2. The molecular weight excluding hydrogens is 649 g/mol. The summed E-state index contributed by atoms with van der Waals surface area (Å²) in [6, 6.07) is 36.3. The lowest BCUT2D eigenvalue weighted by Gasteiger charge is -2.31. The zero-order valence-corrected chi connectivity index (χ0v) is 30.4. The molecule has 0 bridgehead atoms. The van der Waals surface area contributed by atoms with Gasteiger partial charge in [0.25, 0.3) is 0 Å². The number of pyridine rings is 2. The number of carboxylic acid groups (broad SMARTS) is 2. The average molecular weight is 697 g/mol. The van der Waals surface area contributed by atoms with Crippen molar-refractivity contribution in [1.82, 2.24) is 9.97 Å². The van der Waals surface area contributed by atoms with Gasteiger partial charge in [0, 0.05) is 43.9 Å². The maximum absolute atomic E-state index is 12.2. The lowest BCUT2D eigenvalue weighted by molar-refractivity contribution is -0.148. The Morgan fingerprint density at radius 1 is 0.692 bits per heavy atom. The summed E-state index contributed by atoms with van der Waals surface area (Å²) in [5, 5.41) is 23.4. The van der Waals surface area contributed by atoms with E-state index in [0.717, 1.165) is 65.4 Å². The molecule has 0 amide bonds. The second-order valence-corrected chi connectivity index (χ2v) is 15.1. The molecule has 1 saturated heterocycles. The topological polar surface area (TPSA) is 116 Å². The Hall–Kier alpha value is -5.50. The summed E-state index contributed by atoms with van der Waals surface area (Å²) < 4.78 is 0. The number of hydrogen-bond acceptors (Lipinski definition) is 6. The zero-order valence-electron chi connectivity index (χ0n) is 30.4. The van der Waals surface area contributed by atoms with Crippen LogP contribution in [-0.4, -0.2) is 45.2 Å². The summed E-state index contributed by atoms with van der Waals surface area (Å²) >= 11 is 0. The van der Waals surface area contributed by atoms with Crippen molar-refractivity contribution in [1.29, 1.82) is 0 Å². The highest BCUT2D eigenvalue weighted by Crippen LogP contribution is 2.42. The van der Waals surface area contributed by atoms with Crippen molar-refractivity contribution in [2.24, 2.45) is 16.7 Å². The fourth-order valence-corrected chi connectivity index (χ4v) is 7.55. The Morgan fingerprint density at radius 2 is 1.21 bits per heavy atom. The third-order valence-electron chi connectivity index (χ3n) is 10.7. The quantitative estimate of drug-likeness (QED) is 0.106. The fraction of sp³-hybridized carbons (Fsp3) is 0.318. The van der Waals surface area contributed by atoms with Crippen molar-refractivity contribution in [2.75, 3.05) is 23.3 Å². The first-order valence-corrected chi connectivity index (χ1v) is 18.0. The molecule has 1 aliphatic heterocycles. The molecule has 2 aromatic heterocycles. The Bertz CT molecular complexity index is 1940. The number of rotatable bonds is 14. The molecule has 1 fully saturated rings. The molecule has 3 aromatic carbocycles. The molecule has 8 heteroatoms. The van der Waals surface area contributed by atoms with Crippen molar-refractivity contribution >= 4 is 23.6 Å². The average Bonchev–Trinajstić information content (AvgIpc) is 3.61. The second-order valence-electron chi connectivity index (χ2n) is 15.1. The minimum absolute atomic E-state index is 0.315. The van der Waals surface area contributed by atoms with Crippen molar-refractivity contribution < 1.29 is 19.8 Å². The molecule has 52 heavy (non-hydrogen) atoms. The first kappa shape index (κ1) is 36.3. The van der Waals surface area contributed by atoms with Gasteiger partial charge in [0.2, 0.25) is 0 Å². The van der Waals surface area contributed by atoms with Crippen molar-refractivity contribution in [3.8, 4) is 0 Å². The Morgan fingerprint density at radius 3 is 1.69 bits per heavy atom. The van der Waals surface area contributed by atoms with Crippen LogP contribution < -0.4 is 10.2 Å². The van der Waals surface area contributed by atoms with E-state index in [1.54, 1.807) is 33.9 Å². The molecule has 8 nitrogen and oxygen atoms in total. The van der Waals surface area contributed by atoms with E-state index in [1.807, 2.05) is 91.1 Å². The summed E-state index contributed by atoms with van der Waals surface area (Å²) in [7, 11) is 0. The number of aromatic nitrogens is 2. The van der Waals surface area contributed by atoms with Gasteiger partial charge in [-0.1, -0.05) is 97.1 Å². The summed E-state index contributed by atoms with van der Waals surface area (Å²) in [5.41, 5.74) is 4.14. The predicted octanol–water partition coefficient (Wildman–Crippen LogP) is 8.64. The second kappa shape index (κ2) is 15.4. The number of hydrogen-bond donors (Lipinski definition) is 3. The van der Waals surface area contributed by atoms with E-state index < -0.39 is 22.8 Å². The number of carbonyl (C=O) groups is 2. The molecule has 6 rings (SSSR count). The highest BCUT2D eigenvalue weighted by atomic mass is 16.4. The minimum Gasteiger partial charge on any atom is -0.481 e.